The fourth-order valence-electron chi connectivity index (χ4n) is 0.259. The minimum absolute atomic E-state index is 0.255. The molecule has 0 aromatic heterocycles. The van der Waals surface area contributed by atoms with E-state index in [0.717, 1.165) is 0 Å². The quantitative estimate of drug-likeness (QED) is 0.445. The molecule has 9 heavy (non-hydrogen) atoms. The highest BCUT2D eigenvalue weighted by Gasteiger charge is 2.16. The molecule has 3 nitrogen and oxygen atoms in total. The molecule has 0 aliphatic heterocycles. The van der Waals surface area contributed by atoms with Gasteiger partial charge in [0.1, 0.15) is 4.58 Å². The first-order valence-corrected chi connectivity index (χ1v) is 4.89. The van der Waals surface area contributed by atoms with Gasteiger partial charge in [0.2, 0.25) is 0 Å². The maximum Gasteiger partial charge on any atom is 0.277 e. The van der Waals surface area contributed by atoms with E-state index in [1.54, 1.807) is 0 Å². The largest absolute Gasteiger partial charge is 0.285 e. The van der Waals surface area contributed by atoms with E-state index in [1.165, 1.54) is 0 Å². The summed E-state index contributed by atoms with van der Waals surface area (Å²) in [5.74, 6) is 0.397. The second-order valence-corrected chi connectivity index (χ2v) is 4.50. The highest BCUT2D eigenvalue weighted by atomic mass is 32.3. The van der Waals surface area contributed by atoms with Gasteiger partial charge in [0.25, 0.3) is 10.1 Å². The molecular weight excluding hydrogens is 180 g/mol. The third-order valence-corrected chi connectivity index (χ3v) is 2.96. The predicted octanol–water partition coefficient (Wildman–Crippen LogP) is 0.450. The summed E-state index contributed by atoms with van der Waals surface area (Å²) in [6, 6.07) is 0. The summed E-state index contributed by atoms with van der Waals surface area (Å²) in [5, 5.41) is 0. The number of hydrogen-bond acceptors (Lipinski definition) is 4. The van der Waals surface area contributed by atoms with Crippen molar-refractivity contribution in [1.29, 1.82) is 0 Å². The first-order chi connectivity index (χ1) is 3.98. The van der Waals surface area contributed by atoms with Crippen LogP contribution in [0.25, 0.3) is 0 Å². The lowest BCUT2D eigenvalue weighted by Gasteiger charge is -2.02. The molecule has 6 heteroatoms. The molecule has 1 N–H and O–H groups in total. The summed E-state index contributed by atoms with van der Waals surface area (Å²) in [5.41, 5.74) is 0. The second-order valence-electron chi connectivity index (χ2n) is 1.48. The molecule has 0 rings (SSSR count). The van der Waals surface area contributed by atoms with Crippen molar-refractivity contribution in [3.05, 3.63) is 0 Å². The highest BCUT2D eigenvalue weighted by molar-refractivity contribution is 8.01. The Labute approximate surface area is 65.4 Å². The van der Waals surface area contributed by atoms with Gasteiger partial charge in [0.05, 0.1) is 0 Å². The normalized spacial score (nSPS) is 15.4. The van der Waals surface area contributed by atoms with Crippen LogP contribution in [0, 0.1) is 0 Å². The summed E-state index contributed by atoms with van der Waals surface area (Å²) < 4.78 is 27.6. The second kappa shape index (κ2) is 3.70. The van der Waals surface area contributed by atoms with Gasteiger partial charge >= 0.3 is 0 Å². The Kier molecular flexibility index (Phi) is 3.95. The number of thiol groups is 2. The van der Waals surface area contributed by atoms with Gasteiger partial charge in [-0.3, -0.25) is 4.55 Å². The molecule has 0 aliphatic carbocycles. The molecule has 56 valence electrons. The van der Waals surface area contributed by atoms with Crippen LogP contribution in [0.3, 0.4) is 0 Å². The van der Waals surface area contributed by atoms with Gasteiger partial charge in [0, 0.05) is 0 Å². The molecule has 0 saturated heterocycles. The summed E-state index contributed by atoms with van der Waals surface area (Å²) in [6.07, 6.45) is 0.255. The molecule has 0 amide bonds. The standard InChI is InChI=1S/C3H8O3S3/c4-9(5,6)3(8)1-2-7/h3,7-8H,1-2H2,(H,4,5,6). The average Bonchev–Trinajstić information content (AvgIpc) is 1.64. The minimum atomic E-state index is -3.95. The third-order valence-electron chi connectivity index (χ3n) is 0.720. The van der Waals surface area contributed by atoms with Crippen LogP contribution in [-0.4, -0.2) is 23.3 Å². The molecule has 0 aliphatic rings. The molecule has 0 saturated carbocycles. The Morgan fingerprint density at radius 2 is 2.00 bits per heavy atom. The van der Waals surface area contributed by atoms with Gasteiger partial charge in [-0.15, -0.1) is 0 Å². The van der Waals surface area contributed by atoms with E-state index in [9.17, 15) is 8.42 Å². The van der Waals surface area contributed by atoms with Gasteiger partial charge in [-0.2, -0.15) is 33.7 Å². The van der Waals surface area contributed by atoms with Crippen molar-refractivity contribution >= 4 is 35.4 Å². The Bertz CT molecular complexity index is 161. The Morgan fingerprint density at radius 1 is 1.56 bits per heavy atom. The summed E-state index contributed by atoms with van der Waals surface area (Å²) >= 11 is 7.37. The Balaban J connectivity index is 3.90. The van der Waals surface area contributed by atoms with Crippen LogP contribution in [0.5, 0.6) is 0 Å². The number of hydrogen-bond donors (Lipinski definition) is 3. The van der Waals surface area contributed by atoms with E-state index in [-0.39, 0.29) is 6.42 Å². The fraction of sp³-hybridized carbons (Fsp3) is 1.00. The van der Waals surface area contributed by atoms with Crippen molar-refractivity contribution in [3.63, 3.8) is 0 Å². The zero-order valence-electron chi connectivity index (χ0n) is 4.56. The van der Waals surface area contributed by atoms with Crippen LogP contribution in [0.4, 0.5) is 0 Å². The molecule has 1 atom stereocenters. The maximum absolute atomic E-state index is 10.2. The molecule has 0 aromatic carbocycles. The van der Waals surface area contributed by atoms with Crippen LogP contribution < -0.4 is 0 Å². The Hall–Kier alpha value is 0.610. The molecule has 0 bridgehead atoms. The lowest BCUT2D eigenvalue weighted by Crippen LogP contribution is -2.13. The fourth-order valence-corrected chi connectivity index (χ4v) is 1.44. The van der Waals surface area contributed by atoms with E-state index >= 15 is 0 Å². The van der Waals surface area contributed by atoms with Crippen molar-refractivity contribution in [3.8, 4) is 0 Å². The molecule has 0 spiro atoms. The van der Waals surface area contributed by atoms with E-state index in [1.807, 2.05) is 0 Å². The van der Waals surface area contributed by atoms with E-state index in [4.69, 9.17) is 4.55 Å². The first kappa shape index (κ1) is 9.61. The molecule has 1 unspecified atom stereocenters. The van der Waals surface area contributed by atoms with Gasteiger partial charge in [-0.1, -0.05) is 0 Å². The monoisotopic (exact) mass is 188 g/mol. The van der Waals surface area contributed by atoms with Crippen LogP contribution in [0.2, 0.25) is 0 Å². The van der Waals surface area contributed by atoms with Crippen LogP contribution in [-0.2, 0) is 10.1 Å². The topological polar surface area (TPSA) is 54.4 Å². The predicted molar refractivity (Wildman–Crippen MR) is 42.8 cm³/mol. The van der Waals surface area contributed by atoms with Gasteiger partial charge < -0.3 is 0 Å². The van der Waals surface area contributed by atoms with Crippen molar-refractivity contribution in [2.75, 3.05) is 5.75 Å². The van der Waals surface area contributed by atoms with Crippen molar-refractivity contribution in [1.82, 2.24) is 0 Å². The highest BCUT2D eigenvalue weighted by Crippen LogP contribution is 2.08. The van der Waals surface area contributed by atoms with Gasteiger partial charge in [-0.25, -0.2) is 0 Å². The Morgan fingerprint density at radius 3 is 2.11 bits per heavy atom. The van der Waals surface area contributed by atoms with E-state index < -0.39 is 14.7 Å². The van der Waals surface area contributed by atoms with Crippen molar-refractivity contribution in [2.24, 2.45) is 0 Å². The first-order valence-electron chi connectivity index (χ1n) is 2.23. The zero-order chi connectivity index (χ0) is 7.49. The molecule has 0 heterocycles. The lowest BCUT2D eigenvalue weighted by atomic mass is 10.6. The SMILES string of the molecule is O=S(=O)(O)C(S)CCS. The maximum atomic E-state index is 10.2. The van der Waals surface area contributed by atoms with Crippen molar-refractivity contribution < 1.29 is 13.0 Å². The van der Waals surface area contributed by atoms with Gasteiger partial charge in [0.15, 0.2) is 0 Å². The molecule has 0 fully saturated rings. The summed E-state index contributed by atoms with van der Waals surface area (Å²) in [7, 11) is -3.95. The van der Waals surface area contributed by atoms with Crippen molar-refractivity contribution in [2.45, 2.75) is 11.0 Å². The zero-order valence-corrected chi connectivity index (χ0v) is 7.16. The lowest BCUT2D eigenvalue weighted by molar-refractivity contribution is 0.479. The summed E-state index contributed by atoms with van der Waals surface area (Å²) in [4.78, 5) is 0. The smallest absolute Gasteiger partial charge is 0.277 e. The van der Waals surface area contributed by atoms with Crippen LogP contribution in [0.1, 0.15) is 6.42 Å². The van der Waals surface area contributed by atoms with Crippen LogP contribution >= 0.6 is 25.3 Å². The molecule has 0 radical (unpaired) electrons. The van der Waals surface area contributed by atoms with Gasteiger partial charge in [-0.05, 0) is 12.2 Å². The van der Waals surface area contributed by atoms with E-state index in [0.29, 0.717) is 5.75 Å². The van der Waals surface area contributed by atoms with E-state index in [2.05, 4.69) is 25.3 Å². The minimum Gasteiger partial charge on any atom is -0.285 e. The molecular formula is C3H8O3S3. The third kappa shape index (κ3) is 4.07. The average molecular weight is 188 g/mol. The molecule has 0 aromatic rings. The number of rotatable bonds is 3. The summed E-state index contributed by atoms with van der Waals surface area (Å²) in [6.45, 7) is 0. The van der Waals surface area contributed by atoms with Crippen LogP contribution in [0.15, 0.2) is 0 Å².